The second-order valence-electron chi connectivity index (χ2n) is 3.61. The van der Waals surface area contributed by atoms with Gasteiger partial charge in [0, 0.05) is 19.5 Å². The van der Waals surface area contributed by atoms with Crippen molar-refractivity contribution in [1.29, 1.82) is 0 Å². The third kappa shape index (κ3) is 4.19. The van der Waals surface area contributed by atoms with Gasteiger partial charge in [-0.25, -0.2) is 0 Å². The van der Waals surface area contributed by atoms with Gasteiger partial charge in [0.25, 0.3) is 0 Å². The van der Waals surface area contributed by atoms with Crippen LogP contribution in [0.2, 0.25) is 0 Å². The highest BCUT2D eigenvalue weighted by molar-refractivity contribution is 5.75. The lowest BCUT2D eigenvalue weighted by atomic mass is 10.1. The Labute approximate surface area is 85.3 Å². The number of hydrogen-bond donors (Lipinski definition) is 1. The van der Waals surface area contributed by atoms with Crippen LogP contribution < -0.4 is 5.32 Å². The van der Waals surface area contributed by atoms with Gasteiger partial charge in [0.15, 0.2) is 0 Å². The molecule has 0 aliphatic carbocycles. The van der Waals surface area contributed by atoms with Crippen LogP contribution in [0.1, 0.15) is 24.5 Å². The molecule has 0 aromatic heterocycles. The zero-order valence-electron chi connectivity index (χ0n) is 8.84. The topological polar surface area (TPSA) is 29.1 Å². The Balaban J connectivity index is 2.25. The van der Waals surface area contributed by atoms with E-state index in [1.165, 1.54) is 11.1 Å². The Kier molecular flexibility index (Phi) is 4.33. The molecule has 1 aromatic rings. The third-order valence-electron chi connectivity index (χ3n) is 2.10. The van der Waals surface area contributed by atoms with Crippen molar-refractivity contribution in [2.45, 2.75) is 26.8 Å². The van der Waals surface area contributed by atoms with Gasteiger partial charge in [0.1, 0.15) is 5.78 Å². The van der Waals surface area contributed by atoms with E-state index in [1.54, 1.807) is 6.92 Å². The van der Waals surface area contributed by atoms with E-state index in [0.29, 0.717) is 6.42 Å². The summed E-state index contributed by atoms with van der Waals surface area (Å²) >= 11 is 0. The number of ketones is 1. The second-order valence-corrected chi connectivity index (χ2v) is 3.61. The zero-order chi connectivity index (χ0) is 10.4. The van der Waals surface area contributed by atoms with Crippen LogP contribution in [0.5, 0.6) is 0 Å². The van der Waals surface area contributed by atoms with E-state index in [4.69, 9.17) is 0 Å². The molecule has 0 saturated carbocycles. The summed E-state index contributed by atoms with van der Waals surface area (Å²) in [7, 11) is 0. The maximum Gasteiger partial charge on any atom is 0.131 e. The molecule has 1 aromatic carbocycles. The second kappa shape index (κ2) is 5.55. The lowest BCUT2D eigenvalue weighted by Gasteiger charge is -2.03. The Morgan fingerprint density at radius 2 is 1.93 bits per heavy atom. The van der Waals surface area contributed by atoms with Gasteiger partial charge >= 0.3 is 0 Å². The van der Waals surface area contributed by atoms with E-state index in [0.717, 1.165) is 13.1 Å². The van der Waals surface area contributed by atoms with Gasteiger partial charge in [-0.1, -0.05) is 29.8 Å². The third-order valence-corrected chi connectivity index (χ3v) is 2.10. The Morgan fingerprint density at radius 1 is 1.29 bits per heavy atom. The summed E-state index contributed by atoms with van der Waals surface area (Å²) in [4.78, 5) is 10.7. The van der Waals surface area contributed by atoms with E-state index >= 15 is 0 Å². The van der Waals surface area contributed by atoms with E-state index < -0.39 is 0 Å². The molecule has 0 fully saturated rings. The fraction of sp³-hybridized carbons (Fsp3) is 0.417. The van der Waals surface area contributed by atoms with Gasteiger partial charge in [-0.2, -0.15) is 0 Å². The number of carbonyl (C=O) groups excluding carboxylic acids is 1. The van der Waals surface area contributed by atoms with Crippen LogP contribution >= 0.6 is 0 Å². The maximum atomic E-state index is 10.7. The number of hydrogen-bond acceptors (Lipinski definition) is 2. The number of aryl methyl sites for hydroxylation is 1. The highest BCUT2D eigenvalue weighted by Gasteiger charge is 1.94. The first kappa shape index (κ1) is 10.9. The van der Waals surface area contributed by atoms with Gasteiger partial charge in [-0.15, -0.1) is 0 Å². The first-order chi connectivity index (χ1) is 6.68. The van der Waals surface area contributed by atoms with Gasteiger partial charge in [-0.05, 0) is 19.4 Å². The molecule has 14 heavy (non-hydrogen) atoms. The summed E-state index contributed by atoms with van der Waals surface area (Å²) < 4.78 is 0. The molecule has 0 heterocycles. The molecule has 0 aliphatic rings. The molecule has 76 valence electrons. The van der Waals surface area contributed by atoms with Crippen molar-refractivity contribution in [3.8, 4) is 0 Å². The minimum atomic E-state index is 0.237. The highest BCUT2D eigenvalue weighted by Crippen LogP contribution is 2.02. The van der Waals surface area contributed by atoms with Crippen molar-refractivity contribution in [1.82, 2.24) is 5.32 Å². The standard InChI is InChI=1S/C12H17NO/c1-10-3-5-12(6-4-10)9-13-8-7-11(2)14/h3-6,13H,7-9H2,1-2H3. The number of carbonyl (C=O) groups is 1. The average Bonchev–Trinajstić information content (AvgIpc) is 2.15. The summed E-state index contributed by atoms with van der Waals surface area (Å²) in [5.41, 5.74) is 2.54. The Hall–Kier alpha value is -1.15. The summed E-state index contributed by atoms with van der Waals surface area (Å²) in [5, 5.41) is 3.23. The van der Waals surface area contributed by atoms with Gasteiger partial charge < -0.3 is 5.32 Å². The minimum absolute atomic E-state index is 0.237. The Bertz CT molecular complexity index is 290. The van der Waals surface area contributed by atoms with Crippen molar-refractivity contribution < 1.29 is 4.79 Å². The van der Waals surface area contributed by atoms with E-state index in [9.17, 15) is 4.79 Å². The van der Waals surface area contributed by atoms with Gasteiger partial charge in [0.2, 0.25) is 0 Å². The van der Waals surface area contributed by atoms with Crippen LogP contribution in [-0.4, -0.2) is 12.3 Å². The molecule has 1 rings (SSSR count). The Morgan fingerprint density at radius 3 is 2.50 bits per heavy atom. The van der Waals surface area contributed by atoms with Crippen molar-refractivity contribution in [2.24, 2.45) is 0 Å². The van der Waals surface area contributed by atoms with Crippen molar-refractivity contribution in [3.63, 3.8) is 0 Å². The summed E-state index contributed by atoms with van der Waals surface area (Å²) in [6, 6.07) is 8.41. The van der Waals surface area contributed by atoms with Crippen LogP contribution in [0.4, 0.5) is 0 Å². The molecule has 0 atom stereocenters. The fourth-order valence-electron chi connectivity index (χ4n) is 1.20. The van der Waals surface area contributed by atoms with Gasteiger partial charge in [-0.3, -0.25) is 4.79 Å². The van der Waals surface area contributed by atoms with Crippen LogP contribution in [0.25, 0.3) is 0 Å². The lowest BCUT2D eigenvalue weighted by Crippen LogP contribution is -2.16. The molecule has 2 nitrogen and oxygen atoms in total. The molecule has 0 saturated heterocycles. The SMILES string of the molecule is CC(=O)CCNCc1ccc(C)cc1. The van der Waals surface area contributed by atoms with Crippen molar-refractivity contribution in [2.75, 3.05) is 6.54 Å². The minimum Gasteiger partial charge on any atom is -0.312 e. The molecule has 0 aliphatic heterocycles. The monoisotopic (exact) mass is 191 g/mol. The van der Waals surface area contributed by atoms with E-state index in [-0.39, 0.29) is 5.78 Å². The number of nitrogens with one attached hydrogen (secondary N) is 1. The smallest absolute Gasteiger partial charge is 0.131 e. The molecule has 0 amide bonds. The molecule has 0 unspecified atom stereocenters. The van der Waals surface area contributed by atoms with E-state index in [2.05, 4.69) is 36.5 Å². The predicted octanol–water partition coefficient (Wildman–Crippen LogP) is 2.06. The molecule has 0 spiro atoms. The first-order valence-corrected chi connectivity index (χ1v) is 4.94. The molecule has 1 N–H and O–H groups in total. The zero-order valence-corrected chi connectivity index (χ0v) is 8.84. The normalized spacial score (nSPS) is 10.1. The van der Waals surface area contributed by atoms with E-state index in [1.807, 2.05) is 0 Å². The number of Topliss-reactive ketones (excluding diaryl/α,β-unsaturated/α-hetero) is 1. The molecule has 0 radical (unpaired) electrons. The lowest BCUT2D eigenvalue weighted by molar-refractivity contribution is -0.116. The molecular formula is C12H17NO. The van der Waals surface area contributed by atoms with Crippen LogP contribution in [0.15, 0.2) is 24.3 Å². The van der Waals surface area contributed by atoms with Crippen LogP contribution in [-0.2, 0) is 11.3 Å². The largest absolute Gasteiger partial charge is 0.312 e. The summed E-state index contributed by atoms with van der Waals surface area (Å²) in [6.07, 6.45) is 0.617. The quantitative estimate of drug-likeness (QED) is 0.722. The van der Waals surface area contributed by atoms with Crippen molar-refractivity contribution >= 4 is 5.78 Å². The number of rotatable bonds is 5. The van der Waals surface area contributed by atoms with Crippen molar-refractivity contribution in [3.05, 3.63) is 35.4 Å². The fourth-order valence-corrected chi connectivity index (χ4v) is 1.20. The van der Waals surface area contributed by atoms with Gasteiger partial charge in [0.05, 0.1) is 0 Å². The average molecular weight is 191 g/mol. The molecular weight excluding hydrogens is 174 g/mol. The predicted molar refractivity (Wildman–Crippen MR) is 58.2 cm³/mol. The number of benzene rings is 1. The summed E-state index contributed by atoms with van der Waals surface area (Å²) in [6.45, 7) is 5.30. The van der Waals surface area contributed by atoms with Crippen LogP contribution in [0.3, 0.4) is 0 Å². The highest BCUT2D eigenvalue weighted by atomic mass is 16.1. The first-order valence-electron chi connectivity index (χ1n) is 4.94. The maximum absolute atomic E-state index is 10.7. The molecule has 0 bridgehead atoms. The summed E-state index contributed by atoms with van der Waals surface area (Å²) in [5.74, 6) is 0.237. The van der Waals surface area contributed by atoms with Crippen LogP contribution in [0, 0.1) is 6.92 Å². The molecule has 2 heteroatoms.